The fraction of sp³-hybridized carbons (Fsp3) is 0.456. The van der Waals surface area contributed by atoms with Crippen LogP contribution in [0.4, 0.5) is 0 Å². The van der Waals surface area contributed by atoms with Crippen LogP contribution < -0.4 is 10.4 Å². The van der Waals surface area contributed by atoms with Crippen molar-refractivity contribution < 1.29 is 48.3 Å². The molecule has 0 saturated heterocycles. The highest BCUT2D eigenvalue weighted by Crippen LogP contribution is 2.58. The fourth-order valence-corrected chi connectivity index (χ4v) is 15.7. The largest absolute Gasteiger partial charge is 0.482 e. The van der Waals surface area contributed by atoms with E-state index in [0.717, 1.165) is 49.7 Å². The van der Waals surface area contributed by atoms with Crippen molar-refractivity contribution in [1.82, 2.24) is 0 Å². The minimum Gasteiger partial charge on any atom is -0.482 e. The normalized spacial score (nSPS) is 30.2. The van der Waals surface area contributed by atoms with Crippen LogP contribution in [0.15, 0.2) is 136 Å². The van der Waals surface area contributed by atoms with Gasteiger partial charge in [-0.05, 0) is 133 Å². The number of ether oxygens (including phenoxy) is 4. The summed E-state index contributed by atoms with van der Waals surface area (Å²) in [5.74, 6) is -1.37. The summed E-state index contributed by atoms with van der Waals surface area (Å²) < 4.78 is 33.3. The van der Waals surface area contributed by atoms with Crippen molar-refractivity contribution >= 4 is 29.0 Å². The molecule has 1 spiro atoms. The summed E-state index contributed by atoms with van der Waals surface area (Å²) in [7, 11) is 1.51. The first-order valence-corrected chi connectivity index (χ1v) is 29.1. The van der Waals surface area contributed by atoms with Gasteiger partial charge in [-0.25, -0.2) is 9.59 Å². The summed E-state index contributed by atoms with van der Waals surface area (Å²) in [5.41, 5.74) is 6.87. The van der Waals surface area contributed by atoms with Crippen molar-refractivity contribution in [2.24, 2.45) is 23.7 Å². The molecule has 5 aromatic rings. The van der Waals surface area contributed by atoms with Crippen molar-refractivity contribution in [3.63, 3.8) is 0 Å². The number of esters is 2. The van der Waals surface area contributed by atoms with Crippen LogP contribution in [-0.4, -0.2) is 65.9 Å². The van der Waals surface area contributed by atoms with Crippen LogP contribution in [0.2, 0.25) is 0 Å². The lowest BCUT2D eigenvalue weighted by atomic mass is 9.56. The number of aryl methyl sites for hydroxylation is 1. The molecule has 11 nitrogen and oxygen atoms in total. The molecular weight excluding hydrogens is 993 g/mol. The standard InChI is InChI=1S/C68H74O11/c1-41(38-70)52-27-21-42-19-22-43(23-20-42)53-28-25-47(46-13-9-16-51(36-46)67-32-8-7-15-50(67)26-24-45-12-3-5-17-56(45)67)35-49(53)37-59(72)76-63-61-58(79-68(64(63)78-65(52)73)33-10-14-44-11-4-6-18-57(44)68)30-29-54-55(39-71)60(66(74)77-62(54)61)48(31-34-69)40-75-2/h3,5,9-10,12-14,16-17,19-20,22-26,28-30,36,44,47-50,53,57,63-64,69-71H,4,6-8,11,15,18,21,27,31-35,37-40H2,1-2H3/b52-41-/t44-,47+,48+,49+,50+,53-,57+,63+,64-,67-,68-/m0/s1. The average molecular weight is 1070 g/mol. The van der Waals surface area contributed by atoms with Crippen LogP contribution in [0.5, 0.6) is 5.75 Å². The molecule has 2 bridgehead atoms. The minimum atomic E-state index is -1.33. The molecule has 2 saturated carbocycles. The molecule has 4 aromatic carbocycles. The number of methoxy groups -OCH3 is 1. The van der Waals surface area contributed by atoms with Gasteiger partial charge in [0.2, 0.25) is 0 Å². The van der Waals surface area contributed by atoms with Crippen LogP contribution in [0.25, 0.3) is 17.0 Å². The number of carbonyl (C=O) groups is 2. The van der Waals surface area contributed by atoms with E-state index in [2.05, 4.69) is 109 Å². The highest BCUT2D eigenvalue weighted by molar-refractivity contribution is 5.90. The second kappa shape index (κ2) is 22.3. The summed E-state index contributed by atoms with van der Waals surface area (Å²) in [6, 6.07) is 30.1. The van der Waals surface area contributed by atoms with Crippen LogP contribution in [0.1, 0.15) is 164 Å². The van der Waals surface area contributed by atoms with Gasteiger partial charge in [0.15, 0.2) is 17.8 Å². The number of aliphatic hydroxyl groups is 3. The number of fused-ring (bicyclic) bond motifs is 16. The highest BCUT2D eigenvalue weighted by atomic mass is 16.6. The molecule has 11 atom stereocenters. The van der Waals surface area contributed by atoms with Crippen LogP contribution in [0.3, 0.4) is 0 Å². The maximum absolute atomic E-state index is 15.6. The van der Waals surface area contributed by atoms with Gasteiger partial charge in [-0.1, -0.05) is 135 Å². The fourth-order valence-electron chi connectivity index (χ4n) is 15.7. The van der Waals surface area contributed by atoms with Crippen LogP contribution >= 0.6 is 0 Å². The zero-order valence-corrected chi connectivity index (χ0v) is 45.6. The van der Waals surface area contributed by atoms with Crippen LogP contribution in [-0.2, 0) is 42.2 Å². The average Bonchev–Trinajstić information content (AvgIpc) is 3.51. The third-order valence-electron chi connectivity index (χ3n) is 19.6. The summed E-state index contributed by atoms with van der Waals surface area (Å²) in [5, 5.41) is 32.3. The van der Waals surface area contributed by atoms with Crippen LogP contribution in [0, 0.1) is 23.7 Å². The number of carbonyl (C=O) groups excluding carboxylic acids is 2. The zero-order chi connectivity index (χ0) is 54.4. The smallest absolute Gasteiger partial charge is 0.340 e. The molecule has 412 valence electrons. The van der Waals surface area contributed by atoms with E-state index in [0.29, 0.717) is 53.0 Å². The Labute approximate surface area is 463 Å². The van der Waals surface area contributed by atoms with E-state index < -0.39 is 47.9 Å². The molecule has 0 radical (unpaired) electrons. The van der Waals surface area contributed by atoms with E-state index in [1.165, 1.54) is 42.2 Å². The Morgan fingerprint density at radius 2 is 1.67 bits per heavy atom. The van der Waals surface area contributed by atoms with Crippen molar-refractivity contribution in [2.75, 3.05) is 26.9 Å². The monoisotopic (exact) mass is 1070 g/mol. The number of hydrogen-bond donors (Lipinski definition) is 3. The number of aliphatic hydroxyl groups excluding tert-OH is 3. The lowest BCUT2D eigenvalue weighted by molar-refractivity contribution is -0.208. The molecule has 4 heterocycles. The lowest BCUT2D eigenvalue weighted by Gasteiger charge is -2.54. The van der Waals surface area contributed by atoms with Gasteiger partial charge in [0.1, 0.15) is 11.3 Å². The van der Waals surface area contributed by atoms with Gasteiger partial charge in [-0.3, -0.25) is 4.79 Å². The van der Waals surface area contributed by atoms with Crippen molar-refractivity contribution in [3.05, 3.63) is 187 Å². The summed E-state index contributed by atoms with van der Waals surface area (Å²) in [6.07, 6.45) is 21.5. The lowest BCUT2D eigenvalue weighted by Crippen LogP contribution is -2.62. The Bertz CT molecular complexity index is 3300. The first-order chi connectivity index (χ1) is 38.6. The van der Waals surface area contributed by atoms with E-state index in [-0.39, 0.29) is 90.8 Å². The van der Waals surface area contributed by atoms with E-state index in [1.807, 2.05) is 0 Å². The van der Waals surface area contributed by atoms with Gasteiger partial charge in [0, 0.05) is 72.2 Å². The topological polar surface area (TPSA) is 162 Å². The number of rotatable bonds is 9. The molecule has 2 fully saturated rings. The Kier molecular flexibility index (Phi) is 15.0. The molecule has 3 aliphatic heterocycles. The van der Waals surface area contributed by atoms with Crippen molar-refractivity contribution in [2.45, 2.75) is 144 Å². The molecule has 0 unspecified atom stereocenters. The van der Waals surface area contributed by atoms with Gasteiger partial charge in [0.25, 0.3) is 0 Å². The van der Waals surface area contributed by atoms with E-state index in [1.54, 1.807) is 19.1 Å². The van der Waals surface area contributed by atoms with Crippen molar-refractivity contribution in [1.29, 1.82) is 0 Å². The summed E-state index contributed by atoms with van der Waals surface area (Å²) in [4.78, 5) is 45.4. The zero-order valence-electron chi connectivity index (χ0n) is 45.6. The third kappa shape index (κ3) is 9.46. The number of benzene rings is 4. The first kappa shape index (κ1) is 53.3. The Morgan fingerprint density at radius 1 is 0.835 bits per heavy atom. The maximum Gasteiger partial charge on any atom is 0.340 e. The Morgan fingerprint density at radius 3 is 2.49 bits per heavy atom. The third-order valence-corrected chi connectivity index (χ3v) is 19.6. The molecule has 11 heteroatoms. The highest BCUT2D eigenvalue weighted by Gasteiger charge is 2.61. The molecule has 13 rings (SSSR count). The second-order valence-corrected chi connectivity index (χ2v) is 23.7. The predicted molar refractivity (Wildman–Crippen MR) is 303 cm³/mol. The SMILES string of the molecule is COC[C@@H](CCO)c1c(CO)c2ccc3c(c2oc1=O)[C@H]1OC(=O)C[C@H]2C[C@H](c4cccc([C@]56CCCC[C@@H]5C=Cc5ccccc56)c4)C=C[C@H]2c2ccc(cc2)CC/C(=C(\C)CO)C(=O)O[C@@H]1[C@@]1(CC=C[C@@H]2CCCC[C@H]21)O3. The van der Waals surface area contributed by atoms with E-state index in [9.17, 15) is 20.1 Å². The first-order valence-electron chi connectivity index (χ1n) is 29.1. The number of allylic oxidation sites excluding steroid dienone is 4. The maximum atomic E-state index is 15.6. The molecule has 1 aromatic heterocycles. The Hall–Kier alpha value is -6.37. The molecule has 5 aliphatic carbocycles. The summed E-state index contributed by atoms with van der Waals surface area (Å²) >= 11 is 0. The Balaban J connectivity index is 0.995. The summed E-state index contributed by atoms with van der Waals surface area (Å²) in [6.45, 7) is 0.708. The van der Waals surface area contributed by atoms with E-state index in [4.69, 9.17) is 23.4 Å². The second-order valence-electron chi connectivity index (χ2n) is 23.7. The number of hydrogen-bond acceptors (Lipinski definition) is 11. The molecular formula is C68H74O11. The molecule has 3 N–H and O–H groups in total. The molecule has 79 heavy (non-hydrogen) atoms. The van der Waals surface area contributed by atoms with E-state index >= 15 is 9.59 Å². The predicted octanol–water partition coefficient (Wildman–Crippen LogP) is 12.1. The van der Waals surface area contributed by atoms with Gasteiger partial charge < -0.3 is 38.7 Å². The molecule has 0 amide bonds. The minimum absolute atomic E-state index is 0.00165. The van der Waals surface area contributed by atoms with Gasteiger partial charge in [-0.15, -0.1) is 0 Å². The van der Waals surface area contributed by atoms with Gasteiger partial charge in [-0.2, -0.15) is 0 Å². The van der Waals surface area contributed by atoms with Gasteiger partial charge >= 0.3 is 17.6 Å². The quantitative estimate of drug-likeness (QED) is 0.0557. The van der Waals surface area contributed by atoms with Gasteiger partial charge in [0.05, 0.1) is 25.4 Å². The molecule has 8 aliphatic rings. The van der Waals surface area contributed by atoms with Crippen molar-refractivity contribution in [3.8, 4) is 5.75 Å².